The normalized spacial score (nSPS) is 17.1. The Morgan fingerprint density at radius 3 is 2.71 bits per heavy atom. The predicted octanol–water partition coefficient (Wildman–Crippen LogP) is 4.00. The SMILES string of the molecule is Cc1nn(Cc2ccccc2Cl)c(C)c1[C@@H]1N=C(N)Nc2nc3cc4c(cc3n21)OCCCO4. The molecule has 10 heteroatoms. The maximum Gasteiger partial charge on any atom is 0.212 e. The first kappa shape index (κ1) is 20.9. The molecule has 3 N–H and O–H groups in total. The van der Waals surface area contributed by atoms with Gasteiger partial charge in [0.1, 0.15) is 0 Å². The number of anilines is 1. The number of nitrogens with one attached hydrogen (secondary N) is 1. The first-order valence-corrected chi connectivity index (χ1v) is 11.6. The van der Waals surface area contributed by atoms with Crippen molar-refractivity contribution in [2.24, 2.45) is 10.7 Å². The lowest BCUT2D eigenvalue weighted by molar-refractivity contribution is 0.297. The summed E-state index contributed by atoms with van der Waals surface area (Å²) >= 11 is 6.41. The average Bonchev–Trinajstić information content (AvgIpc) is 3.18. The van der Waals surface area contributed by atoms with Gasteiger partial charge < -0.3 is 15.2 Å². The molecule has 1 atom stereocenters. The summed E-state index contributed by atoms with van der Waals surface area (Å²) in [5, 5.41) is 8.63. The summed E-state index contributed by atoms with van der Waals surface area (Å²) in [6, 6.07) is 11.7. The van der Waals surface area contributed by atoms with Gasteiger partial charge in [0.15, 0.2) is 23.6 Å². The van der Waals surface area contributed by atoms with E-state index in [2.05, 4.69) is 5.32 Å². The van der Waals surface area contributed by atoms with Crippen molar-refractivity contribution in [1.29, 1.82) is 0 Å². The molecule has 0 radical (unpaired) electrons. The highest BCUT2D eigenvalue weighted by Gasteiger charge is 2.31. The van der Waals surface area contributed by atoms with Crippen molar-refractivity contribution in [3.8, 4) is 11.5 Å². The summed E-state index contributed by atoms with van der Waals surface area (Å²) in [4.78, 5) is 9.54. The van der Waals surface area contributed by atoms with Crippen LogP contribution >= 0.6 is 11.6 Å². The van der Waals surface area contributed by atoms with E-state index in [1.54, 1.807) is 0 Å². The minimum absolute atomic E-state index is 0.305. The van der Waals surface area contributed by atoms with Gasteiger partial charge in [-0.15, -0.1) is 0 Å². The number of rotatable bonds is 3. The van der Waals surface area contributed by atoms with Gasteiger partial charge in [-0.2, -0.15) is 5.10 Å². The molecule has 34 heavy (non-hydrogen) atoms. The molecule has 0 saturated heterocycles. The Labute approximate surface area is 201 Å². The second kappa shape index (κ2) is 7.95. The van der Waals surface area contributed by atoms with Crippen molar-refractivity contribution in [2.75, 3.05) is 18.5 Å². The van der Waals surface area contributed by atoms with Gasteiger partial charge in [-0.05, 0) is 25.5 Å². The Kier molecular flexibility index (Phi) is 4.88. The molecule has 6 rings (SSSR count). The molecule has 0 spiro atoms. The molecule has 0 fully saturated rings. The number of hydrogen-bond acceptors (Lipinski definition) is 7. The topological polar surface area (TPSA) is 105 Å². The first-order chi connectivity index (χ1) is 16.5. The van der Waals surface area contributed by atoms with Crippen LogP contribution < -0.4 is 20.5 Å². The first-order valence-electron chi connectivity index (χ1n) is 11.2. The minimum Gasteiger partial charge on any atom is -0.489 e. The standard InChI is InChI=1S/C24H24ClN7O2/c1-13-21(14(2)31(30-13)12-15-6-3-4-7-16(15)25)22-28-23(26)29-24-27-17-10-19-20(11-18(17)32(22)24)34-9-5-8-33-19/h3-4,6-7,10-11,22H,5,8-9,12H2,1-2H3,(H3,26,27,28,29)/t22-/m1/s1. The third-order valence-electron chi connectivity index (χ3n) is 6.28. The zero-order chi connectivity index (χ0) is 23.4. The molecule has 2 aliphatic heterocycles. The summed E-state index contributed by atoms with van der Waals surface area (Å²) < 4.78 is 15.8. The zero-order valence-corrected chi connectivity index (χ0v) is 19.6. The molecule has 4 aromatic rings. The Morgan fingerprint density at radius 2 is 1.91 bits per heavy atom. The Balaban J connectivity index is 1.48. The second-order valence-electron chi connectivity index (χ2n) is 8.49. The van der Waals surface area contributed by atoms with Gasteiger partial charge in [0, 0.05) is 34.8 Å². The average molecular weight is 478 g/mol. The lowest BCUT2D eigenvalue weighted by atomic mass is 10.1. The summed E-state index contributed by atoms with van der Waals surface area (Å²) in [6.45, 7) is 5.82. The van der Waals surface area contributed by atoms with E-state index in [0.717, 1.165) is 40.0 Å². The van der Waals surface area contributed by atoms with E-state index in [9.17, 15) is 0 Å². The lowest BCUT2D eigenvalue weighted by Crippen LogP contribution is -2.31. The van der Waals surface area contributed by atoms with Crippen LogP contribution in [0.4, 0.5) is 5.95 Å². The Bertz CT molecular complexity index is 1460. The fourth-order valence-corrected chi connectivity index (χ4v) is 4.84. The number of halogens is 1. The largest absolute Gasteiger partial charge is 0.489 e. The van der Waals surface area contributed by atoms with Crippen molar-refractivity contribution in [3.05, 3.63) is 63.9 Å². The van der Waals surface area contributed by atoms with Gasteiger partial charge in [0.2, 0.25) is 5.95 Å². The number of imidazole rings is 1. The molecular weight excluding hydrogens is 454 g/mol. The van der Waals surface area contributed by atoms with Gasteiger partial charge in [0.25, 0.3) is 0 Å². The fourth-order valence-electron chi connectivity index (χ4n) is 4.64. The van der Waals surface area contributed by atoms with Crippen LogP contribution in [0, 0.1) is 13.8 Å². The summed E-state index contributed by atoms with van der Waals surface area (Å²) in [6.07, 6.45) is 0.414. The van der Waals surface area contributed by atoms with E-state index in [1.807, 2.05) is 59.5 Å². The minimum atomic E-state index is -0.425. The highest BCUT2D eigenvalue weighted by Crippen LogP contribution is 2.40. The van der Waals surface area contributed by atoms with Crippen molar-refractivity contribution in [1.82, 2.24) is 19.3 Å². The van der Waals surface area contributed by atoms with E-state index in [4.69, 9.17) is 41.9 Å². The van der Waals surface area contributed by atoms with E-state index < -0.39 is 6.17 Å². The van der Waals surface area contributed by atoms with Gasteiger partial charge in [-0.3, -0.25) is 14.6 Å². The summed E-state index contributed by atoms with van der Waals surface area (Å²) in [5.41, 5.74) is 11.7. The number of guanidine groups is 1. The number of aryl methyl sites for hydroxylation is 1. The van der Waals surface area contributed by atoms with Gasteiger partial charge in [0.05, 0.1) is 36.5 Å². The van der Waals surface area contributed by atoms with Crippen LogP contribution in [0.3, 0.4) is 0 Å². The van der Waals surface area contributed by atoms with Crippen molar-refractivity contribution < 1.29 is 9.47 Å². The molecule has 0 unspecified atom stereocenters. The van der Waals surface area contributed by atoms with Crippen molar-refractivity contribution in [2.45, 2.75) is 33.0 Å². The van der Waals surface area contributed by atoms with Crippen LogP contribution in [0.25, 0.3) is 11.0 Å². The van der Waals surface area contributed by atoms with E-state index >= 15 is 0 Å². The van der Waals surface area contributed by atoms with Gasteiger partial charge in [-0.1, -0.05) is 29.8 Å². The fraction of sp³-hybridized carbons (Fsp3) is 0.292. The van der Waals surface area contributed by atoms with Crippen LogP contribution in [0.2, 0.25) is 5.02 Å². The number of aliphatic imine (C=N–C) groups is 1. The van der Waals surface area contributed by atoms with Crippen LogP contribution in [-0.4, -0.2) is 38.5 Å². The quantitative estimate of drug-likeness (QED) is 0.462. The molecule has 4 heterocycles. The number of ether oxygens (including phenoxy) is 2. The number of nitrogens with two attached hydrogens (primary N) is 1. The molecule has 0 saturated carbocycles. The number of benzene rings is 2. The van der Waals surface area contributed by atoms with E-state index in [0.29, 0.717) is 48.2 Å². The maximum absolute atomic E-state index is 6.41. The number of hydrogen-bond donors (Lipinski definition) is 2. The van der Waals surface area contributed by atoms with Crippen LogP contribution in [0.5, 0.6) is 11.5 Å². The molecule has 0 aliphatic carbocycles. The molecular formula is C24H24ClN7O2. The second-order valence-corrected chi connectivity index (χ2v) is 8.90. The molecule has 2 aromatic carbocycles. The summed E-state index contributed by atoms with van der Waals surface area (Å²) in [5.74, 6) is 2.33. The Morgan fingerprint density at radius 1 is 1.15 bits per heavy atom. The van der Waals surface area contributed by atoms with Gasteiger partial charge in [-0.25, -0.2) is 9.98 Å². The highest BCUT2D eigenvalue weighted by molar-refractivity contribution is 6.31. The molecule has 2 aliphatic rings. The zero-order valence-electron chi connectivity index (χ0n) is 18.9. The highest BCUT2D eigenvalue weighted by atomic mass is 35.5. The third kappa shape index (κ3) is 3.35. The predicted molar refractivity (Wildman–Crippen MR) is 131 cm³/mol. The van der Waals surface area contributed by atoms with Crippen LogP contribution in [0.1, 0.15) is 35.1 Å². The van der Waals surface area contributed by atoms with Crippen molar-refractivity contribution in [3.63, 3.8) is 0 Å². The van der Waals surface area contributed by atoms with Crippen molar-refractivity contribution >= 4 is 34.5 Å². The van der Waals surface area contributed by atoms with E-state index in [-0.39, 0.29) is 0 Å². The molecule has 9 nitrogen and oxygen atoms in total. The third-order valence-corrected chi connectivity index (χ3v) is 6.65. The lowest BCUT2D eigenvalue weighted by Gasteiger charge is -2.24. The molecule has 0 bridgehead atoms. The van der Waals surface area contributed by atoms with Crippen LogP contribution in [-0.2, 0) is 6.54 Å². The smallest absolute Gasteiger partial charge is 0.212 e. The molecule has 0 amide bonds. The Hall–Kier alpha value is -3.72. The molecule has 2 aromatic heterocycles. The monoisotopic (exact) mass is 477 g/mol. The number of fused-ring (bicyclic) bond motifs is 4. The summed E-state index contributed by atoms with van der Waals surface area (Å²) in [7, 11) is 0. The van der Waals surface area contributed by atoms with Gasteiger partial charge >= 0.3 is 0 Å². The van der Waals surface area contributed by atoms with E-state index in [1.165, 1.54) is 0 Å². The maximum atomic E-state index is 6.41. The molecule has 174 valence electrons. The van der Waals surface area contributed by atoms with Crippen LogP contribution in [0.15, 0.2) is 41.4 Å². The number of aromatic nitrogens is 4. The number of nitrogens with zero attached hydrogens (tertiary/aromatic N) is 5.